The highest BCUT2D eigenvalue weighted by Crippen LogP contribution is 2.31. The molecule has 0 radical (unpaired) electrons. The Labute approximate surface area is 86.2 Å². The van der Waals surface area contributed by atoms with Crippen LogP contribution in [-0.2, 0) is 4.74 Å². The van der Waals surface area contributed by atoms with Crippen LogP contribution in [0.1, 0.15) is 20.7 Å². The minimum Gasteiger partial charge on any atom is -0.504 e. The average molecular weight is 210 g/mol. The van der Waals surface area contributed by atoms with E-state index in [1.165, 1.54) is 26.4 Å². The number of hydrogen-bond acceptors (Lipinski definition) is 5. The molecule has 5 heteroatoms. The number of carbonyl (C=O) groups excluding carboxylic acids is 2. The Bertz CT molecular complexity index is 397. The molecule has 0 atom stereocenters. The largest absolute Gasteiger partial charge is 0.504 e. The first kappa shape index (κ1) is 11.0. The summed E-state index contributed by atoms with van der Waals surface area (Å²) in [6, 6.07) is 2.56. The summed E-state index contributed by atoms with van der Waals surface area (Å²) in [5.41, 5.74) is 0.0338. The Morgan fingerprint density at radius 3 is 2.53 bits per heavy atom. The fourth-order valence-electron chi connectivity index (χ4n) is 1.21. The minimum absolute atomic E-state index is 0.0237. The molecule has 0 fully saturated rings. The molecule has 5 nitrogen and oxygen atoms in total. The number of benzene rings is 1. The molecule has 1 aromatic carbocycles. The van der Waals surface area contributed by atoms with Crippen LogP contribution in [0.4, 0.5) is 0 Å². The Morgan fingerprint density at radius 1 is 1.40 bits per heavy atom. The molecule has 0 heterocycles. The summed E-state index contributed by atoms with van der Waals surface area (Å²) in [5, 5.41) is 9.37. The van der Waals surface area contributed by atoms with Gasteiger partial charge in [-0.05, 0) is 12.1 Å². The second-order valence-electron chi connectivity index (χ2n) is 2.69. The van der Waals surface area contributed by atoms with Crippen LogP contribution in [0, 0.1) is 0 Å². The van der Waals surface area contributed by atoms with Crippen molar-refractivity contribution in [3.63, 3.8) is 0 Å². The highest BCUT2D eigenvalue weighted by molar-refractivity contribution is 6.00. The van der Waals surface area contributed by atoms with Gasteiger partial charge in [0.2, 0.25) is 0 Å². The first-order valence-corrected chi connectivity index (χ1v) is 4.09. The first-order valence-electron chi connectivity index (χ1n) is 4.09. The second-order valence-corrected chi connectivity index (χ2v) is 2.69. The van der Waals surface area contributed by atoms with Crippen LogP contribution in [0.25, 0.3) is 0 Å². The van der Waals surface area contributed by atoms with Crippen LogP contribution in [0.2, 0.25) is 0 Å². The van der Waals surface area contributed by atoms with Crippen LogP contribution >= 0.6 is 0 Å². The van der Waals surface area contributed by atoms with Gasteiger partial charge in [0.25, 0.3) is 0 Å². The molecule has 1 N–H and O–H groups in total. The molecule has 0 bridgehead atoms. The molecule has 1 aromatic rings. The zero-order valence-electron chi connectivity index (χ0n) is 8.31. The molecule has 0 unspecified atom stereocenters. The molecule has 0 aliphatic heterocycles. The maximum absolute atomic E-state index is 11.3. The maximum atomic E-state index is 11.3. The van der Waals surface area contributed by atoms with Crippen molar-refractivity contribution in [2.45, 2.75) is 0 Å². The third-order valence-corrected chi connectivity index (χ3v) is 1.90. The Kier molecular flexibility index (Phi) is 3.28. The van der Waals surface area contributed by atoms with Gasteiger partial charge in [0.15, 0.2) is 17.8 Å². The number of carbonyl (C=O) groups is 2. The van der Waals surface area contributed by atoms with Crippen LogP contribution in [0.15, 0.2) is 12.1 Å². The van der Waals surface area contributed by atoms with E-state index in [-0.39, 0.29) is 22.6 Å². The van der Waals surface area contributed by atoms with Gasteiger partial charge in [0.05, 0.1) is 25.3 Å². The van der Waals surface area contributed by atoms with E-state index in [9.17, 15) is 14.7 Å². The molecule has 1 rings (SSSR count). The fourth-order valence-corrected chi connectivity index (χ4v) is 1.21. The van der Waals surface area contributed by atoms with E-state index in [1.807, 2.05) is 0 Å². The lowest BCUT2D eigenvalue weighted by molar-refractivity contribution is 0.0598. The number of hydrogen-bond donors (Lipinski definition) is 1. The monoisotopic (exact) mass is 210 g/mol. The summed E-state index contributed by atoms with van der Waals surface area (Å²) in [7, 11) is 2.50. The molecule has 15 heavy (non-hydrogen) atoms. The standard InChI is InChI=1S/C10H10O5/c1-14-9-7(5-11)6(10(13)15-2)3-4-8(9)12/h3-5,12H,1-2H3. The third-order valence-electron chi connectivity index (χ3n) is 1.90. The lowest BCUT2D eigenvalue weighted by atomic mass is 10.1. The number of rotatable bonds is 3. The molecule has 80 valence electrons. The van der Waals surface area contributed by atoms with Gasteiger partial charge in [-0.25, -0.2) is 4.79 Å². The van der Waals surface area contributed by atoms with Gasteiger partial charge < -0.3 is 14.6 Å². The van der Waals surface area contributed by atoms with Gasteiger partial charge in [0.1, 0.15) is 0 Å². The Hall–Kier alpha value is -2.04. The van der Waals surface area contributed by atoms with Crippen molar-refractivity contribution >= 4 is 12.3 Å². The van der Waals surface area contributed by atoms with Crippen LogP contribution < -0.4 is 4.74 Å². The predicted molar refractivity (Wildman–Crippen MR) is 51.4 cm³/mol. The zero-order chi connectivity index (χ0) is 11.4. The minimum atomic E-state index is -0.657. The molecule has 0 amide bonds. The summed E-state index contributed by atoms with van der Waals surface area (Å²) in [6.45, 7) is 0. The zero-order valence-corrected chi connectivity index (χ0v) is 8.31. The van der Waals surface area contributed by atoms with E-state index in [2.05, 4.69) is 4.74 Å². The first-order chi connectivity index (χ1) is 7.15. The molecular formula is C10H10O5. The molecule has 0 saturated carbocycles. The summed E-state index contributed by atoms with van der Waals surface area (Å²) >= 11 is 0. The lowest BCUT2D eigenvalue weighted by Gasteiger charge is -2.09. The van der Waals surface area contributed by atoms with Crippen molar-refractivity contribution in [1.29, 1.82) is 0 Å². The molecular weight excluding hydrogens is 200 g/mol. The number of ether oxygens (including phenoxy) is 2. The molecule has 0 saturated heterocycles. The lowest BCUT2D eigenvalue weighted by Crippen LogP contribution is -2.06. The Morgan fingerprint density at radius 2 is 2.07 bits per heavy atom. The molecule has 0 aliphatic carbocycles. The van der Waals surface area contributed by atoms with Crippen LogP contribution in [0.3, 0.4) is 0 Å². The number of phenols is 1. The topological polar surface area (TPSA) is 72.8 Å². The number of esters is 1. The normalized spacial score (nSPS) is 9.47. The predicted octanol–water partition coefficient (Wildman–Crippen LogP) is 1.000. The van der Waals surface area contributed by atoms with E-state index in [4.69, 9.17) is 4.74 Å². The van der Waals surface area contributed by atoms with Crippen molar-refractivity contribution in [3.05, 3.63) is 23.3 Å². The van der Waals surface area contributed by atoms with Crippen molar-refractivity contribution in [1.82, 2.24) is 0 Å². The number of aromatic hydroxyl groups is 1. The van der Waals surface area contributed by atoms with Crippen molar-refractivity contribution in [3.8, 4) is 11.5 Å². The van der Waals surface area contributed by atoms with Crippen LogP contribution in [0.5, 0.6) is 11.5 Å². The van der Waals surface area contributed by atoms with E-state index >= 15 is 0 Å². The molecule has 0 spiro atoms. The Balaban J connectivity index is 3.41. The number of methoxy groups -OCH3 is 2. The molecule has 0 aliphatic rings. The maximum Gasteiger partial charge on any atom is 0.338 e. The van der Waals surface area contributed by atoms with Gasteiger partial charge in [-0.3, -0.25) is 4.79 Å². The van der Waals surface area contributed by atoms with Gasteiger partial charge in [-0.2, -0.15) is 0 Å². The summed E-state index contributed by atoms with van der Waals surface area (Å²) in [4.78, 5) is 22.0. The van der Waals surface area contributed by atoms with Gasteiger partial charge in [-0.15, -0.1) is 0 Å². The average Bonchev–Trinajstić information content (AvgIpc) is 2.27. The van der Waals surface area contributed by atoms with Crippen molar-refractivity contribution in [2.24, 2.45) is 0 Å². The highest BCUT2D eigenvalue weighted by atomic mass is 16.5. The summed E-state index contributed by atoms with van der Waals surface area (Å²) in [5.74, 6) is -0.893. The number of aldehydes is 1. The van der Waals surface area contributed by atoms with Gasteiger partial charge in [-0.1, -0.05) is 0 Å². The quantitative estimate of drug-likeness (QED) is 0.595. The van der Waals surface area contributed by atoms with E-state index in [0.717, 1.165) is 0 Å². The number of phenolic OH excluding ortho intramolecular Hbond substituents is 1. The van der Waals surface area contributed by atoms with Gasteiger partial charge in [0, 0.05) is 0 Å². The van der Waals surface area contributed by atoms with E-state index in [1.54, 1.807) is 0 Å². The van der Waals surface area contributed by atoms with Crippen molar-refractivity contribution in [2.75, 3.05) is 14.2 Å². The van der Waals surface area contributed by atoms with E-state index < -0.39 is 5.97 Å². The summed E-state index contributed by atoms with van der Waals surface area (Å²) < 4.78 is 9.30. The smallest absolute Gasteiger partial charge is 0.338 e. The molecule has 0 aromatic heterocycles. The summed E-state index contributed by atoms with van der Waals surface area (Å²) in [6.07, 6.45) is 0.435. The van der Waals surface area contributed by atoms with Crippen molar-refractivity contribution < 1.29 is 24.2 Å². The highest BCUT2D eigenvalue weighted by Gasteiger charge is 2.18. The van der Waals surface area contributed by atoms with Gasteiger partial charge >= 0.3 is 5.97 Å². The fraction of sp³-hybridized carbons (Fsp3) is 0.200. The third kappa shape index (κ3) is 1.90. The van der Waals surface area contributed by atoms with Crippen LogP contribution in [-0.4, -0.2) is 31.6 Å². The van der Waals surface area contributed by atoms with E-state index in [0.29, 0.717) is 6.29 Å². The SMILES string of the molecule is COC(=O)c1ccc(O)c(OC)c1C=O. The second kappa shape index (κ2) is 4.45.